The minimum atomic E-state index is -0.473. The fourth-order valence-electron chi connectivity index (χ4n) is 4.75. The van der Waals surface area contributed by atoms with Crippen LogP contribution in [-0.4, -0.2) is 23.0 Å². The number of nitrogens with one attached hydrogen (secondary N) is 1. The van der Waals surface area contributed by atoms with E-state index < -0.39 is 17.7 Å². The fourth-order valence-corrected chi connectivity index (χ4v) is 4.75. The van der Waals surface area contributed by atoms with Gasteiger partial charge in [-0.15, -0.1) is 6.58 Å². The van der Waals surface area contributed by atoms with E-state index in [1.165, 1.54) is 35.3 Å². The van der Waals surface area contributed by atoms with Crippen molar-refractivity contribution in [3.63, 3.8) is 0 Å². The van der Waals surface area contributed by atoms with E-state index in [9.17, 15) is 0 Å². The Kier molecular flexibility index (Phi) is 12.4. The monoisotopic (exact) mass is 522 g/mol. The first-order valence-corrected chi connectivity index (χ1v) is 14.3. The van der Waals surface area contributed by atoms with Crippen molar-refractivity contribution in [1.29, 1.82) is 0 Å². The summed E-state index contributed by atoms with van der Waals surface area (Å²) in [6, 6.07) is 10.6. The van der Waals surface area contributed by atoms with E-state index in [1.54, 1.807) is 0 Å². The van der Waals surface area contributed by atoms with Crippen LogP contribution in [0, 0.1) is 17.6 Å². The van der Waals surface area contributed by atoms with E-state index >= 15 is 8.78 Å². The van der Waals surface area contributed by atoms with Crippen LogP contribution in [0.2, 0.25) is 0 Å². The molecule has 4 rings (SSSR count). The Morgan fingerprint density at radius 3 is 2.13 bits per heavy atom. The van der Waals surface area contributed by atoms with E-state index in [-0.39, 0.29) is 11.5 Å². The summed E-state index contributed by atoms with van der Waals surface area (Å²) in [6.45, 7) is 23.9. The molecule has 0 aliphatic carbocycles. The first-order valence-electron chi connectivity index (χ1n) is 14.3. The smallest absolute Gasteiger partial charge is 0.131 e. The van der Waals surface area contributed by atoms with Crippen LogP contribution < -0.4 is 0 Å². The number of aryl methyl sites for hydroxylation is 1. The third-order valence-electron chi connectivity index (χ3n) is 7.22. The van der Waals surface area contributed by atoms with E-state index in [4.69, 9.17) is 0 Å². The molecule has 1 aliphatic heterocycles. The van der Waals surface area contributed by atoms with Crippen molar-refractivity contribution in [1.82, 2.24) is 9.88 Å². The Balaban J connectivity index is 0.000000559. The van der Waals surface area contributed by atoms with Crippen molar-refractivity contribution in [2.45, 2.75) is 86.6 Å². The predicted molar refractivity (Wildman–Crippen MR) is 161 cm³/mol. The lowest BCUT2D eigenvalue weighted by Gasteiger charge is -2.38. The second kappa shape index (κ2) is 15.0. The van der Waals surface area contributed by atoms with E-state index in [0.717, 1.165) is 48.9 Å². The molecule has 2 heterocycles. The summed E-state index contributed by atoms with van der Waals surface area (Å²) >= 11 is 0. The standard InChI is InChI=1S/C26H30F2N2.C5H10.C3H8/c1-5-16(3)17(4)15-30-12-11-20-19-9-7-8-10-23(19)29-25(20)26(30)24-21(27)13-18(6-2)14-22(24)28;1-4-5(2)3;1-3-2/h7-10,13-14,17,26,29H,3,5-6,11-12,15H2,1-2,4H3;2,4H2,1,3H3;3H2,1-2H3. The summed E-state index contributed by atoms with van der Waals surface area (Å²) in [6.07, 6.45) is 4.73. The maximum Gasteiger partial charge on any atom is 0.131 e. The first kappa shape index (κ1) is 31.5. The van der Waals surface area contributed by atoms with Crippen LogP contribution in [-0.2, 0) is 12.8 Å². The first-order chi connectivity index (χ1) is 18.1. The van der Waals surface area contributed by atoms with Gasteiger partial charge >= 0.3 is 0 Å². The highest BCUT2D eigenvalue weighted by Gasteiger charge is 2.36. The van der Waals surface area contributed by atoms with Gasteiger partial charge in [0, 0.05) is 35.2 Å². The van der Waals surface area contributed by atoms with Gasteiger partial charge in [0.1, 0.15) is 11.6 Å². The average Bonchev–Trinajstić information content (AvgIpc) is 3.28. The highest BCUT2D eigenvalue weighted by atomic mass is 19.1. The number of fused-ring (bicyclic) bond motifs is 3. The van der Waals surface area contributed by atoms with Gasteiger partial charge in [-0.1, -0.05) is 83.9 Å². The van der Waals surface area contributed by atoms with Crippen molar-refractivity contribution in [2.75, 3.05) is 13.1 Å². The number of benzene rings is 2. The fraction of sp³-hybridized carbons (Fsp3) is 0.471. The zero-order valence-corrected chi connectivity index (χ0v) is 24.7. The average molecular weight is 523 g/mol. The van der Waals surface area contributed by atoms with Gasteiger partial charge in [0.25, 0.3) is 0 Å². The number of allylic oxidation sites excluding steroid dienone is 1. The van der Waals surface area contributed by atoms with E-state index in [0.29, 0.717) is 12.0 Å². The lowest BCUT2D eigenvalue weighted by Crippen LogP contribution is -2.40. The number of para-hydroxylation sites is 1. The van der Waals surface area contributed by atoms with Gasteiger partial charge in [0.15, 0.2) is 0 Å². The van der Waals surface area contributed by atoms with Crippen LogP contribution in [0.25, 0.3) is 10.9 Å². The molecule has 0 saturated heterocycles. The van der Waals surface area contributed by atoms with Crippen LogP contribution in [0.15, 0.2) is 60.7 Å². The van der Waals surface area contributed by atoms with Gasteiger partial charge in [-0.05, 0) is 67.9 Å². The summed E-state index contributed by atoms with van der Waals surface area (Å²) in [5.41, 5.74) is 6.36. The van der Waals surface area contributed by atoms with Crippen LogP contribution >= 0.6 is 0 Å². The number of aromatic nitrogens is 1. The van der Waals surface area contributed by atoms with Crippen molar-refractivity contribution in [3.05, 3.63) is 94.7 Å². The lowest BCUT2D eigenvalue weighted by molar-refractivity contribution is 0.184. The van der Waals surface area contributed by atoms with E-state index in [2.05, 4.69) is 63.7 Å². The topological polar surface area (TPSA) is 19.0 Å². The molecular weight excluding hydrogens is 474 g/mol. The number of halogens is 2. The molecule has 4 heteroatoms. The predicted octanol–water partition coefficient (Wildman–Crippen LogP) is 9.95. The highest BCUT2D eigenvalue weighted by Crippen LogP contribution is 2.41. The molecule has 0 fully saturated rings. The molecule has 2 unspecified atom stereocenters. The second-order valence-corrected chi connectivity index (χ2v) is 10.5. The second-order valence-electron chi connectivity index (χ2n) is 10.5. The molecule has 0 radical (unpaired) electrons. The molecule has 3 aromatic rings. The Bertz CT molecular complexity index is 1180. The van der Waals surface area contributed by atoms with Crippen LogP contribution in [0.3, 0.4) is 0 Å². The Labute approximate surface area is 229 Å². The zero-order valence-electron chi connectivity index (χ0n) is 24.7. The Morgan fingerprint density at radius 2 is 1.61 bits per heavy atom. The molecular formula is C34H48F2N2. The van der Waals surface area contributed by atoms with Crippen molar-refractivity contribution < 1.29 is 8.78 Å². The SMILES string of the molecule is C=C(C)CC.C=C(CC)C(C)CN1CCc2c([nH]c3ccccc23)C1c1c(F)cc(CC)cc1F.CCC. The molecule has 2 atom stereocenters. The molecule has 0 spiro atoms. The van der Waals surface area contributed by atoms with Crippen LogP contribution in [0.4, 0.5) is 8.78 Å². The molecule has 208 valence electrons. The number of hydrogen-bond acceptors (Lipinski definition) is 1. The molecule has 1 N–H and O–H groups in total. The molecule has 0 amide bonds. The lowest BCUT2D eigenvalue weighted by atomic mass is 9.89. The summed E-state index contributed by atoms with van der Waals surface area (Å²) in [5.74, 6) is -0.671. The van der Waals surface area contributed by atoms with Gasteiger partial charge in [0.05, 0.1) is 6.04 Å². The zero-order chi connectivity index (χ0) is 28.4. The van der Waals surface area contributed by atoms with Gasteiger partial charge < -0.3 is 4.98 Å². The number of rotatable bonds is 7. The largest absolute Gasteiger partial charge is 0.357 e. The van der Waals surface area contributed by atoms with Gasteiger partial charge in [-0.25, -0.2) is 8.78 Å². The van der Waals surface area contributed by atoms with Crippen molar-refractivity contribution >= 4 is 10.9 Å². The summed E-state index contributed by atoms with van der Waals surface area (Å²) in [5, 5.41) is 1.15. The van der Waals surface area contributed by atoms with E-state index in [1.807, 2.05) is 32.0 Å². The quantitative estimate of drug-likeness (QED) is 0.306. The van der Waals surface area contributed by atoms with Gasteiger partial charge in [0.2, 0.25) is 0 Å². The van der Waals surface area contributed by atoms with Gasteiger partial charge in [-0.3, -0.25) is 4.90 Å². The third-order valence-corrected chi connectivity index (χ3v) is 7.22. The number of hydrogen-bond donors (Lipinski definition) is 1. The molecule has 38 heavy (non-hydrogen) atoms. The van der Waals surface area contributed by atoms with Crippen molar-refractivity contribution in [2.24, 2.45) is 5.92 Å². The minimum absolute atomic E-state index is 0.147. The molecule has 0 bridgehead atoms. The number of aromatic amines is 1. The maximum absolute atomic E-state index is 15.3. The van der Waals surface area contributed by atoms with Crippen LogP contribution in [0.5, 0.6) is 0 Å². The van der Waals surface area contributed by atoms with Crippen molar-refractivity contribution in [3.8, 4) is 0 Å². The highest BCUT2D eigenvalue weighted by molar-refractivity contribution is 5.85. The molecule has 1 aromatic heterocycles. The van der Waals surface area contributed by atoms with Gasteiger partial charge in [-0.2, -0.15) is 0 Å². The normalized spacial score (nSPS) is 15.6. The molecule has 0 saturated carbocycles. The summed E-state index contributed by atoms with van der Waals surface area (Å²) in [7, 11) is 0. The molecule has 2 nitrogen and oxygen atoms in total. The summed E-state index contributed by atoms with van der Waals surface area (Å²) < 4.78 is 30.5. The number of nitrogens with zero attached hydrogens (tertiary/aromatic N) is 1. The molecule has 1 aliphatic rings. The molecule has 2 aromatic carbocycles. The Hall–Kier alpha value is -2.72. The Morgan fingerprint density at radius 1 is 1.03 bits per heavy atom. The third kappa shape index (κ3) is 7.66. The van der Waals surface area contributed by atoms with Crippen LogP contribution in [0.1, 0.15) is 96.2 Å². The maximum atomic E-state index is 15.3. The minimum Gasteiger partial charge on any atom is -0.357 e. The summed E-state index contributed by atoms with van der Waals surface area (Å²) in [4.78, 5) is 5.72. The number of H-pyrrole nitrogens is 1.